The molecule has 1 unspecified atom stereocenters. The molecule has 0 aliphatic carbocycles. The van der Waals surface area contributed by atoms with Gasteiger partial charge in [-0.2, -0.15) is 0 Å². The van der Waals surface area contributed by atoms with Gasteiger partial charge in [-0.05, 0) is 0 Å². The molecule has 0 bridgehead atoms. The molecular weight excluding hydrogens is 241 g/mol. The summed E-state index contributed by atoms with van der Waals surface area (Å²) >= 11 is -5.14. The van der Waals surface area contributed by atoms with E-state index >= 15 is 0 Å². The molecule has 0 aliphatic rings. The van der Waals surface area contributed by atoms with Crippen LogP contribution in [0.2, 0.25) is 0 Å². The number of hydrogen-bond acceptors (Lipinski definition) is 4. The molecule has 0 spiro atoms. The number of non-ortho nitro benzene ring substituents is 1. The fourth-order valence-corrected chi connectivity index (χ4v) is 1.87. The second-order valence-electron chi connectivity index (χ2n) is 2.29. The van der Waals surface area contributed by atoms with Crippen molar-refractivity contribution in [2.75, 3.05) is 0 Å². The van der Waals surface area contributed by atoms with Crippen LogP contribution in [0, 0.1) is 10.1 Å². The van der Waals surface area contributed by atoms with E-state index in [0.717, 1.165) is 24.3 Å². The molecule has 0 radical (unpaired) electrons. The van der Waals surface area contributed by atoms with Gasteiger partial charge in [-0.3, -0.25) is 0 Å². The van der Waals surface area contributed by atoms with Crippen molar-refractivity contribution in [3.63, 3.8) is 0 Å². The van der Waals surface area contributed by atoms with Gasteiger partial charge in [0.25, 0.3) is 0 Å². The molecule has 0 aliphatic heterocycles. The van der Waals surface area contributed by atoms with Crippen LogP contribution in [0.1, 0.15) is 0 Å². The first-order valence-corrected chi connectivity index (χ1v) is 6.51. The van der Waals surface area contributed by atoms with Crippen molar-refractivity contribution in [2.24, 2.45) is 0 Å². The molecule has 13 heavy (non-hydrogen) atoms. The van der Waals surface area contributed by atoms with Crippen molar-refractivity contribution >= 4 is 24.2 Å². The molecule has 1 N–H and O–H groups in total. The Morgan fingerprint density at radius 3 is 2.08 bits per heavy atom. The molecule has 7 heteroatoms. The fourth-order valence-electron chi connectivity index (χ4n) is 0.763. The van der Waals surface area contributed by atoms with Gasteiger partial charge in [0.2, 0.25) is 0 Å². The van der Waals surface area contributed by atoms with Crippen LogP contribution in [-0.2, 0) is 3.74 Å². The Morgan fingerprint density at radius 1 is 1.31 bits per heavy atom. The second-order valence-corrected chi connectivity index (χ2v) is 5.56. The van der Waals surface area contributed by atoms with Gasteiger partial charge in [0, 0.05) is 0 Å². The van der Waals surface area contributed by atoms with E-state index in [0.29, 0.717) is 0 Å². The molecule has 1 aromatic rings. The number of nitrogens with zero attached hydrogens (tertiary/aromatic N) is 1. The topological polar surface area (TPSA) is 104 Å². The van der Waals surface area contributed by atoms with Crippen LogP contribution in [0.4, 0.5) is 5.69 Å². The molecule has 0 saturated heterocycles. The first kappa shape index (κ1) is 9.98. The van der Waals surface area contributed by atoms with E-state index in [1.807, 2.05) is 0 Å². The van der Waals surface area contributed by atoms with Crippen molar-refractivity contribution in [3.8, 4) is 0 Å². The van der Waals surface area contributed by atoms with E-state index in [4.69, 9.17) is 4.10 Å². The normalized spacial score (nSPS) is 14.9. The van der Waals surface area contributed by atoms with E-state index in [-0.39, 0.29) is 10.0 Å². The van der Waals surface area contributed by atoms with Crippen LogP contribution >= 0.6 is 0 Å². The Hall–Kier alpha value is -1.10. The third-order valence-corrected chi connectivity index (χ3v) is 3.38. The zero-order valence-electron chi connectivity index (χ0n) is 6.28. The Morgan fingerprint density at radius 2 is 1.77 bits per heavy atom. The zero-order chi connectivity index (χ0) is 10.1. The molecule has 1 atom stereocenters. The molecule has 70 valence electrons. The van der Waals surface area contributed by atoms with Gasteiger partial charge in [0.15, 0.2) is 0 Å². The number of nitro benzene ring substituents is 1. The minimum atomic E-state index is -5.14. The molecule has 0 heterocycles. The van der Waals surface area contributed by atoms with Crippen LogP contribution < -0.4 is 8.45 Å². The van der Waals surface area contributed by atoms with Crippen molar-refractivity contribution in [1.29, 1.82) is 0 Å². The van der Waals surface area contributed by atoms with Crippen molar-refractivity contribution < 1.29 is 16.9 Å². The first-order chi connectivity index (χ1) is 5.91. The van der Waals surface area contributed by atoms with Crippen molar-refractivity contribution in [1.82, 2.24) is 0 Å². The number of benzene rings is 1. The monoisotopic (exact) mass is 246 g/mol. The Labute approximate surface area is 76.0 Å². The third-order valence-electron chi connectivity index (χ3n) is 1.39. The number of nitro groups is 1. The summed E-state index contributed by atoms with van der Waals surface area (Å²) in [4.78, 5) is 9.51. The molecular formula is C6H5AsNO5-. The second kappa shape index (κ2) is 3.33. The predicted molar refractivity (Wildman–Crippen MR) is 41.4 cm³/mol. The average molecular weight is 246 g/mol. The zero-order valence-corrected chi connectivity index (χ0v) is 8.16. The Kier molecular flexibility index (Phi) is 2.56. The summed E-state index contributed by atoms with van der Waals surface area (Å²) in [5.74, 6) is 0. The van der Waals surface area contributed by atoms with E-state index in [1.165, 1.54) is 0 Å². The predicted octanol–water partition coefficient (Wildman–Crippen LogP) is -1.48. The third kappa shape index (κ3) is 2.42. The van der Waals surface area contributed by atoms with E-state index in [9.17, 15) is 17.9 Å². The van der Waals surface area contributed by atoms with Crippen LogP contribution in [-0.4, -0.2) is 23.2 Å². The Balaban J connectivity index is 3.08. The number of hydrogen-bond donors (Lipinski definition) is 1. The van der Waals surface area contributed by atoms with Crippen molar-refractivity contribution in [3.05, 3.63) is 34.4 Å². The average Bonchev–Trinajstić information content (AvgIpc) is 2.03. The Bertz CT molecular complexity index is 367. The van der Waals surface area contributed by atoms with Gasteiger partial charge in [0.05, 0.1) is 0 Å². The van der Waals surface area contributed by atoms with E-state index in [1.54, 1.807) is 0 Å². The summed E-state index contributed by atoms with van der Waals surface area (Å²) in [5, 5.41) is 10.2. The summed E-state index contributed by atoms with van der Waals surface area (Å²) in [6.45, 7) is 0. The van der Waals surface area contributed by atoms with Crippen LogP contribution in [0.3, 0.4) is 0 Å². The fraction of sp³-hybridized carbons (Fsp3) is 0. The van der Waals surface area contributed by atoms with Crippen LogP contribution in [0.5, 0.6) is 0 Å². The summed E-state index contributed by atoms with van der Waals surface area (Å²) in [6.07, 6.45) is 0. The summed E-state index contributed by atoms with van der Waals surface area (Å²) in [5.41, 5.74) is -0.215. The molecule has 0 aromatic heterocycles. The molecule has 0 saturated carbocycles. The van der Waals surface area contributed by atoms with Gasteiger partial charge in [-0.25, -0.2) is 0 Å². The van der Waals surface area contributed by atoms with E-state index < -0.39 is 19.1 Å². The summed E-state index contributed by atoms with van der Waals surface area (Å²) < 4.78 is 29.5. The van der Waals surface area contributed by atoms with Gasteiger partial charge < -0.3 is 0 Å². The first-order valence-electron chi connectivity index (χ1n) is 3.20. The quantitative estimate of drug-likeness (QED) is 0.389. The number of rotatable bonds is 2. The maximum absolute atomic E-state index is 10.6. The van der Waals surface area contributed by atoms with Gasteiger partial charge in [-0.15, -0.1) is 0 Å². The van der Waals surface area contributed by atoms with Gasteiger partial charge in [0.1, 0.15) is 0 Å². The van der Waals surface area contributed by atoms with Crippen LogP contribution in [0.25, 0.3) is 0 Å². The molecule has 1 aromatic carbocycles. The van der Waals surface area contributed by atoms with Crippen LogP contribution in [0.15, 0.2) is 24.3 Å². The molecule has 6 nitrogen and oxygen atoms in total. The SMILES string of the molecule is O=[N+]([O-])c1ccc([As](=O)([O-])O)cc1. The van der Waals surface area contributed by atoms with E-state index in [2.05, 4.69) is 0 Å². The molecule has 0 fully saturated rings. The molecule has 1 rings (SSSR count). The van der Waals surface area contributed by atoms with Crippen molar-refractivity contribution in [2.45, 2.75) is 0 Å². The maximum atomic E-state index is 10.6. The standard InChI is InChI=1S/C6H6AsNO5/c9-7(10,11)5-1-3-6(4-2-5)8(12)13/h1-4H,(H2,9,10,11)/p-1. The summed E-state index contributed by atoms with van der Waals surface area (Å²) in [7, 11) is 0. The van der Waals surface area contributed by atoms with Gasteiger partial charge >= 0.3 is 75.4 Å². The van der Waals surface area contributed by atoms with Gasteiger partial charge in [-0.1, -0.05) is 0 Å². The molecule has 0 amide bonds. The minimum absolute atomic E-state index is 0.215. The summed E-state index contributed by atoms with van der Waals surface area (Å²) in [6, 6.07) is 4.06.